The fourth-order valence-electron chi connectivity index (χ4n) is 2.49. The lowest BCUT2D eigenvalue weighted by Gasteiger charge is -2.26. The van der Waals surface area contributed by atoms with Gasteiger partial charge in [0.05, 0.1) is 7.11 Å². The number of hydrogen-bond acceptors (Lipinski definition) is 3. The van der Waals surface area contributed by atoms with Gasteiger partial charge >= 0.3 is 0 Å². The summed E-state index contributed by atoms with van der Waals surface area (Å²) < 4.78 is 5.25. The molecule has 1 fully saturated rings. The van der Waals surface area contributed by atoms with Gasteiger partial charge in [-0.3, -0.25) is 4.90 Å². The first-order valence-electron chi connectivity index (χ1n) is 6.44. The SMILES string of the molecule is COc1ccc2[nH]c(CN3CCNCC3)cc2c1. The summed E-state index contributed by atoms with van der Waals surface area (Å²) in [5, 5.41) is 4.60. The fraction of sp³-hybridized carbons (Fsp3) is 0.429. The minimum atomic E-state index is 0.912. The van der Waals surface area contributed by atoms with E-state index >= 15 is 0 Å². The van der Waals surface area contributed by atoms with Crippen molar-refractivity contribution >= 4 is 10.9 Å². The van der Waals surface area contributed by atoms with Gasteiger partial charge in [0, 0.05) is 49.3 Å². The molecule has 2 heterocycles. The topological polar surface area (TPSA) is 40.3 Å². The molecule has 96 valence electrons. The summed E-state index contributed by atoms with van der Waals surface area (Å²) in [5.74, 6) is 0.912. The first-order chi connectivity index (χ1) is 8.85. The molecule has 4 nitrogen and oxygen atoms in total. The normalized spacial score (nSPS) is 17.2. The van der Waals surface area contributed by atoms with Crippen LogP contribution < -0.4 is 10.1 Å². The third kappa shape index (κ3) is 2.35. The summed E-state index contributed by atoms with van der Waals surface area (Å²) in [6.07, 6.45) is 0. The monoisotopic (exact) mass is 245 g/mol. The summed E-state index contributed by atoms with van der Waals surface area (Å²) >= 11 is 0. The summed E-state index contributed by atoms with van der Waals surface area (Å²) in [7, 11) is 1.70. The van der Waals surface area contributed by atoms with Gasteiger partial charge in [-0.1, -0.05) is 0 Å². The maximum Gasteiger partial charge on any atom is 0.119 e. The maximum absolute atomic E-state index is 5.25. The molecule has 1 aromatic carbocycles. The van der Waals surface area contributed by atoms with Crippen LogP contribution in [0.25, 0.3) is 10.9 Å². The lowest BCUT2D eigenvalue weighted by atomic mass is 10.2. The molecule has 0 bridgehead atoms. The Morgan fingerprint density at radius 2 is 2.06 bits per heavy atom. The third-order valence-corrected chi connectivity index (χ3v) is 3.49. The quantitative estimate of drug-likeness (QED) is 0.862. The number of H-pyrrole nitrogens is 1. The number of benzene rings is 1. The van der Waals surface area contributed by atoms with E-state index in [0.29, 0.717) is 0 Å². The van der Waals surface area contributed by atoms with Gasteiger partial charge in [0.1, 0.15) is 5.75 Å². The van der Waals surface area contributed by atoms with E-state index in [1.54, 1.807) is 7.11 Å². The van der Waals surface area contributed by atoms with E-state index in [0.717, 1.165) is 38.5 Å². The molecule has 0 radical (unpaired) electrons. The van der Waals surface area contributed by atoms with Gasteiger partial charge in [-0.25, -0.2) is 0 Å². The zero-order chi connectivity index (χ0) is 12.4. The highest BCUT2D eigenvalue weighted by Gasteiger charge is 2.11. The standard InChI is InChI=1S/C14H19N3O/c1-18-13-2-3-14-11(9-13)8-12(16-14)10-17-6-4-15-5-7-17/h2-3,8-9,15-16H,4-7,10H2,1H3. The van der Waals surface area contributed by atoms with Gasteiger partial charge in [-0.05, 0) is 24.3 Å². The van der Waals surface area contributed by atoms with E-state index < -0.39 is 0 Å². The minimum absolute atomic E-state index is 0.912. The number of hydrogen-bond donors (Lipinski definition) is 2. The lowest BCUT2D eigenvalue weighted by Crippen LogP contribution is -2.42. The predicted octanol–water partition coefficient (Wildman–Crippen LogP) is 1.58. The highest BCUT2D eigenvalue weighted by molar-refractivity contribution is 5.81. The van der Waals surface area contributed by atoms with Crippen molar-refractivity contribution in [1.82, 2.24) is 15.2 Å². The van der Waals surface area contributed by atoms with Crippen LogP contribution in [0.3, 0.4) is 0 Å². The molecule has 1 aliphatic rings. The van der Waals surface area contributed by atoms with Crippen LogP contribution in [0.2, 0.25) is 0 Å². The molecule has 1 saturated heterocycles. The van der Waals surface area contributed by atoms with Gasteiger partial charge < -0.3 is 15.0 Å². The fourth-order valence-corrected chi connectivity index (χ4v) is 2.49. The molecule has 0 amide bonds. The van der Waals surface area contributed by atoms with E-state index in [1.165, 1.54) is 16.6 Å². The molecule has 0 atom stereocenters. The second-order valence-corrected chi connectivity index (χ2v) is 4.77. The Morgan fingerprint density at radius 3 is 2.83 bits per heavy atom. The van der Waals surface area contributed by atoms with Crippen molar-refractivity contribution in [1.29, 1.82) is 0 Å². The highest BCUT2D eigenvalue weighted by atomic mass is 16.5. The predicted molar refractivity (Wildman–Crippen MR) is 73.0 cm³/mol. The summed E-state index contributed by atoms with van der Waals surface area (Å²) in [5.41, 5.74) is 2.46. The number of aromatic nitrogens is 1. The van der Waals surface area contributed by atoms with Crippen molar-refractivity contribution in [2.75, 3.05) is 33.3 Å². The molecule has 0 aliphatic carbocycles. The van der Waals surface area contributed by atoms with Crippen molar-refractivity contribution in [2.24, 2.45) is 0 Å². The smallest absolute Gasteiger partial charge is 0.119 e. The third-order valence-electron chi connectivity index (χ3n) is 3.49. The van der Waals surface area contributed by atoms with Crippen LogP contribution in [0, 0.1) is 0 Å². The van der Waals surface area contributed by atoms with Crippen molar-refractivity contribution < 1.29 is 4.74 Å². The molecule has 2 aromatic rings. The van der Waals surface area contributed by atoms with Crippen molar-refractivity contribution in [3.63, 3.8) is 0 Å². The molecular weight excluding hydrogens is 226 g/mol. The molecule has 3 rings (SSSR count). The Kier molecular flexibility index (Phi) is 3.21. The van der Waals surface area contributed by atoms with Crippen LogP contribution in [-0.4, -0.2) is 43.2 Å². The Balaban J connectivity index is 1.79. The molecule has 0 saturated carbocycles. The Morgan fingerprint density at radius 1 is 1.22 bits per heavy atom. The van der Waals surface area contributed by atoms with Gasteiger partial charge in [-0.2, -0.15) is 0 Å². The number of nitrogens with one attached hydrogen (secondary N) is 2. The van der Waals surface area contributed by atoms with E-state index in [-0.39, 0.29) is 0 Å². The molecule has 1 aromatic heterocycles. The summed E-state index contributed by atoms with van der Waals surface area (Å²) in [6.45, 7) is 5.43. The van der Waals surface area contributed by atoms with E-state index in [2.05, 4.69) is 33.4 Å². The Labute approximate surface area is 107 Å². The van der Waals surface area contributed by atoms with Gasteiger partial charge in [0.25, 0.3) is 0 Å². The zero-order valence-corrected chi connectivity index (χ0v) is 10.7. The molecule has 18 heavy (non-hydrogen) atoms. The minimum Gasteiger partial charge on any atom is -0.497 e. The highest BCUT2D eigenvalue weighted by Crippen LogP contribution is 2.22. The summed E-state index contributed by atoms with van der Waals surface area (Å²) in [4.78, 5) is 5.95. The van der Waals surface area contributed by atoms with Gasteiger partial charge in [0.2, 0.25) is 0 Å². The van der Waals surface area contributed by atoms with Crippen molar-refractivity contribution in [2.45, 2.75) is 6.54 Å². The zero-order valence-electron chi connectivity index (χ0n) is 10.7. The van der Waals surface area contributed by atoms with Gasteiger partial charge in [-0.15, -0.1) is 0 Å². The van der Waals surface area contributed by atoms with Crippen LogP contribution in [0.4, 0.5) is 0 Å². The molecule has 1 aliphatic heterocycles. The Bertz CT molecular complexity index is 529. The molecule has 0 spiro atoms. The number of ether oxygens (including phenoxy) is 1. The van der Waals surface area contributed by atoms with E-state index in [9.17, 15) is 0 Å². The lowest BCUT2D eigenvalue weighted by molar-refractivity contribution is 0.231. The summed E-state index contributed by atoms with van der Waals surface area (Å²) in [6, 6.07) is 8.37. The molecule has 0 unspecified atom stereocenters. The number of nitrogens with zero attached hydrogens (tertiary/aromatic N) is 1. The second-order valence-electron chi connectivity index (χ2n) is 4.77. The first kappa shape index (κ1) is 11.6. The number of fused-ring (bicyclic) bond motifs is 1. The molecule has 2 N–H and O–H groups in total. The van der Waals surface area contributed by atoms with Gasteiger partial charge in [0.15, 0.2) is 0 Å². The Hall–Kier alpha value is -1.52. The van der Waals surface area contributed by atoms with Crippen LogP contribution in [-0.2, 0) is 6.54 Å². The largest absolute Gasteiger partial charge is 0.497 e. The number of piperazine rings is 1. The average Bonchev–Trinajstić information content (AvgIpc) is 2.80. The first-order valence-corrected chi connectivity index (χ1v) is 6.44. The van der Waals surface area contributed by atoms with Crippen molar-refractivity contribution in [3.8, 4) is 5.75 Å². The van der Waals surface area contributed by atoms with E-state index in [4.69, 9.17) is 4.74 Å². The van der Waals surface area contributed by atoms with Crippen LogP contribution in [0.1, 0.15) is 5.69 Å². The van der Waals surface area contributed by atoms with Crippen molar-refractivity contribution in [3.05, 3.63) is 30.0 Å². The second kappa shape index (κ2) is 5.00. The maximum atomic E-state index is 5.25. The number of rotatable bonds is 3. The number of aromatic amines is 1. The van der Waals surface area contributed by atoms with E-state index in [1.807, 2.05) is 6.07 Å². The van der Waals surface area contributed by atoms with Crippen LogP contribution in [0.5, 0.6) is 5.75 Å². The number of methoxy groups -OCH3 is 1. The molecular formula is C14H19N3O. The average molecular weight is 245 g/mol. The molecule has 4 heteroatoms. The van der Waals surface area contributed by atoms with Crippen LogP contribution >= 0.6 is 0 Å². The van der Waals surface area contributed by atoms with Crippen LogP contribution in [0.15, 0.2) is 24.3 Å².